The number of nitrogens with zero attached hydrogens (tertiary/aromatic N) is 1. The van der Waals surface area contributed by atoms with Gasteiger partial charge in [-0.3, -0.25) is 4.79 Å². The maximum absolute atomic E-state index is 13.2. The van der Waals surface area contributed by atoms with Gasteiger partial charge < -0.3 is 15.0 Å². The van der Waals surface area contributed by atoms with E-state index >= 15 is 0 Å². The van der Waals surface area contributed by atoms with Crippen molar-refractivity contribution in [1.29, 1.82) is 0 Å². The number of alkyl halides is 3. The topological polar surface area (TPSA) is 58.6 Å². The second-order valence-corrected chi connectivity index (χ2v) is 8.70. The molecule has 2 amide bonds. The minimum Gasteiger partial charge on any atom is -0.447 e. The van der Waals surface area contributed by atoms with E-state index in [0.29, 0.717) is 38.1 Å². The maximum Gasteiger partial charge on any atom is 0.416 e. The van der Waals surface area contributed by atoms with Gasteiger partial charge in [-0.2, -0.15) is 13.2 Å². The van der Waals surface area contributed by atoms with Crippen LogP contribution in [0, 0.1) is 24.7 Å². The molecule has 1 N–H and O–H groups in total. The number of likely N-dealkylation sites (tertiary alicyclic amines) is 1. The number of carbonyl (C=O) groups excluding carboxylic acids is 2. The molecule has 2 aliphatic carbocycles. The molecule has 5 rings (SSSR count). The SMILES string of the molecule is Cc1c([C@H]2[C@@H]3CN(C(=O)C4CC5(COC(=O)N5)C4)C[C@@H]32)cccc1C(F)(F)F. The van der Waals surface area contributed by atoms with Crippen molar-refractivity contribution in [3.63, 3.8) is 0 Å². The number of alkyl carbamates (subject to hydrolysis) is 1. The van der Waals surface area contributed by atoms with Crippen LogP contribution in [0.4, 0.5) is 18.0 Å². The van der Waals surface area contributed by atoms with Gasteiger partial charge in [0.2, 0.25) is 5.91 Å². The fourth-order valence-corrected chi connectivity index (χ4v) is 5.52. The van der Waals surface area contributed by atoms with Crippen molar-refractivity contribution >= 4 is 12.0 Å². The van der Waals surface area contributed by atoms with Crippen LogP contribution < -0.4 is 5.32 Å². The number of benzene rings is 1. The Morgan fingerprint density at radius 1 is 1.25 bits per heavy atom. The Bertz CT molecular complexity index is 851. The Hall–Kier alpha value is -2.25. The maximum atomic E-state index is 13.2. The van der Waals surface area contributed by atoms with E-state index in [4.69, 9.17) is 4.74 Å². The average molecular weight is 394 g/mol. The number of fused-ring (bicyclic) bond motifs is 1. The van der Waals surface area contributed by atoms with Gasteiger partial charge in [0, 0.05) is 19.0 Å². The Balaban J connectivity index is 1.21. The van der Waals surface area contributed by atoms with Crippen LogP contribution in [0.15, 0.2) is 18.2 Å². The summed E-state index contributed by atoms with van der Waals surface area (Å²) < 4.78 is 44.4. The molecule has 0 unspecified atom stereocenters. The van der Waals surface area contributed by atoms with E-state index in [1.807, 2.05) is 4.90 Å². The van der Waals surface area contributed by atoms with E-state index < -0.39 is 17.8 Å². The molecule has 3 atom stereocenters. The quantitative estimate of drug-likeness (QED) is 0.839. The molecule has 1 aromatic rings. The number of amides is 2. The normalized spacial score (nSPS) is 36.0. The van der Waals surface area contributed by atoms with Crippen molar-refractivity contribution in [2.24, 2.45) is 17.8 Å². The lowest BCUT2D eigenvalue weighted by Crippen LogP contribution is -2.58. The lowest BCUT2D eigenvalue weighted by atomic mass is 9.68. The lowest BCUT2D eigenvalue weighted by molar-refractivity contribution is -0.140. The van der Waals surface area contributed by atoms with E-state index in [-0.39, 0.29) is 35.1 Å². The first kappa shape index (κ1) is 17.8. The van der Waals surface area contributed by atoms with Crippen molar-refractivity contribution in [1.82, 2.24) is 10.2 Å². The third kappa shape index (κ3) is 2.60. The first-order chi connectivity index (χ1) is 13.2. The van der Waals surface area contributed by atoms with Crippen LogP contribution in [0.1, 0.15) is 35.4 Å². The molecule has 2 saturated heterocycles. The highest BCUT2D eigenvalue weighted by atomic mass is 19.4. The van der Waals surface area contributed by atoms with Crippen LogP contribution in [0.2, 0.25) is 0 Å². The van der Waals surface area contributed by atoms with Gasteiger partial charge >= 0.3 is 12.3 Å². The second kappa shape index (κ2) is 5.64. The van der Waals surface area contributed by atoms with Crippen LogP contribution in [0.25, 0.3) is 0 Å². The molecular weight excluding hydrogens is 373 g/mol. The molecule has 150 valence electrons. The van der Waals surface area contributed by atoms with Crippen LogP contribution in [0.3, 0.4) is 0 Å². The molecule has 4 aliphatic rings. The van der Waals surface area contributed by atoms with E-state index in [2.05, 4.69) is 5.32 Å². The van der Waals surface area contributed by atoms with Crippen molar-refractivity contribution in [3.05, 3.63) is 34.9 Å². The number of carbonyl (C=O) groups is 2. The molecular formula is C20H21F3N2O3. The van der Waals surface area contributed by atoms with Crippen molar-refractivity contribution in [3.8, 4) is 0 Å². The number of hydrogen-bond donors (Lipinski definition) is 1. The minimum absolute atomic E-state index is 0.0958. The number of hydrogen-bond acceptors (Lipinski definition) is 3. The summed E-state index contributed by atoms with van der Waals surface area (Å²) in [6, 6.07) is 4.40. The van der Waals surface area contributed by atoms with Gasteiger partial charge in [0.15, 0.2) is 0 Å². The summed E-state index contributed by atoms with van der Waals surface area (Å²) in [5, 5.41) is 2.79. The highest BCUT2D eigenvalue weighted by molar-refractivity contribution is 5.82. The van der Waals surface area contributed by atoms with Gasteiger partial charge in [-0.15, -0.1) is 0 Å². The third-order valence-electron chi connectivity index (χ3n) is 7.02. The lowest BCUT2D eigenvalue weighted by Gasteiger charge is -2.43. The van der Waals surface area contributed by atoms with Gasteiger partial charge in [0.05, 0.1) is 11.1 Å². The predicted octanol–water partition coefficient (Wildman–Crippen LogP) is 3.07. The highest BCUT2D eigenvalue weighted by Gasteiger charge is 2.60. The number of ether oxygens (including phenoxy) is 1. The summed E-state index contributed by atoms with van der Waals surface area (Å²) in [7, 11) is 0. The standard InChI is InChI=1S/C20H21F3N2O3/c1-10-12(3-2-4-15(10)20(21,22)23)16-13-7-25(8-14(13)16)17(26)11-5-19(6-11)9-28-18(27)24-19/h2-4,11,13-14,16H,5-9H2,1H3,(H,24,27)/t11?,13-,14+,16+,19?. The molecule has 1 aromatic carbocycles. The number of rotatable bonds is 2. The molecule has 2 heterocycles. The van der Waals surface area contributed by atoms with Gasteiger partial charge in [-0.1, -0.05) is 12.1 Å². The summed E-state index contributed by atoms with van der Waals surface area (Å²) in [6.07, 6.45) is -3.57. The van der Waals surface area contributed by atoms with E-state index in [1.54, 1.807) is 13.0 Å². The third-order valence-corrected chi connectivity index (χ3v) is 7.02. The summed E-state index contributed by atoms with van der Waals surface area (Å²) >= 11 is 0. The first-order valence-electron chi connectivity index (χ1n) is 9.59. The molecule has 0 aromatic heterocycles. The van der Waals surface area contributed by atoms with Crippen LogP contribution in [-0.2, 0) is 15.7 Å². The molecule has 0 bridgehead atoms. The predicted molar refractivity (Wildman–Crippen MR) is 92.4 cm³/mol. The zero-order valence-electron chi connectivity index (χ0n) is 15.4. The van der Waals surface area contributed by atoms with Crippen LogP contribution >= 0.6 is 0 Å². The first-order valence-corrected chi connectivity index (χ1v) is 9.59. The molecule has 0 radical (unpaired) electrons. The highest BCUT2D eigenvalue weighted by Crippen LogP contribution is 2.60. The number of cyclic esters (lactones) is 1. The Kier molecular flexibility index (Phi) is 3.59. The van der Waals surface area contributed by atoms with Gasteiger partial charge in [0.1, 0.15) is 6.61 Å². The van der Waals surface area contributed by atoms with Crippen molar-refractivity contribution < 1.29 is 27.5 Å². The Labute approximate surface area is 160 Å². The van der Waals surface area contributed by atoms with E-state index in [0.717, 1.165) is 11.6 Å². The van der Waals surface area contributed by atoms with Crippen molar-refractivity contribution in [2.75, 3.05) is 19.7 Å². The summed E-state index contributed by atoms with van der Waals surface area (Å²) in [5.41, 5.74) is 0.136. The fraction of sp³-hybridized carbons (Fsp3) is 0.600. The fourth-order valence-electron chi connectivity index (χ4n) is 5.52. The van der Waals surface area contributed by atoms with E-state index in [1.165, 1.54) is 6.07 Å². The van der Waals surface area contributed by atoms with Gasteiger partial charge in [0.25, 0.3) is 0 Å². The molecule has 5 nitrogen and oxygen atoms in total. The summed E-state index contributed by atoms with van der Waals surface area (Å²) in [4.78, 5) is 25.8. The zero-order valence-corrected chi connectivity index (χ0v) is 15.4. The van der Waals surface area contributed by atoms with E-state index in [9.17, 15) is 22.8 Å². The molecule has 28 heavy (non-hydrogen) atoms. The minimum atomic E-state index is -4.34. The largest absolute Gasteiger partial charge is 0.447 e. The average Bonchev–Trinajstić information content (AvgIpc) is 2.94. The smallest absolute Gasteiger partial charge is 0.416 e. The summed E-state index contributed by atoms with van der Waals surface area (Å²) in [5.74, 6) is 0.595. The number of halogens is 3. The molecule has 1 spiro atoms. The molecule has 4 fully saturated rings. The molecule has 8 heteroatoms. The Morgan fingerprint density at radius 2 is 1.93 bits per heavy atom. The number of piperidine rings is 1. The second-order valence-electron chi connectivity index (χ2n) is 8.70. The molecule has 2 aliphatic heterocycles. The zero-order chi connectivity index (χ0) is 19.8. The van der Waals surface area contributed by atoms with Gasteiger partial charge in [-0.05, 0) is 54.7 Å². The van der Waals surface area contributed by atoms with Gasteiger partial charge in [-0.25, -0.2) is 4.79 Å². The monoisotopic (exact) mass is 394 g/mol. The Morgan fingerprint density at radius 3 is 2.50 bits per heavy atom. The van der Waals surface area contributed by atoms with Crippen LogP contribution in [-0.4, -0.2) is 42.1 Å². The van der Waals surface area contributed by atoms with Crippen LogP contribution in [0.5, 0.6) is 0 Å². The summed E-state index contributed by atoms with van der Waals surface area (Å²) in [6.45, 7) is 3.07. The van der Waals surface area contributed by atoms with Crippen molar-refractivity contribution in [2.45, 2.75) is 37.4 Å². The molecule has 2 saturated carbocycles. The number of nitrogens with one attached hydrogen (secondary N) is 1.